The molecule has 1 fully saturated rings. The van der Waals surface area contributed by atoms with Crippen molar-refractivity contribution in [2.75, 3.05) is 20.8 Å². The van der Waals surface area contributed by atoms with Crippen molar-refractivity contribution < 1.29 is 54.0 Å². The fourth-order valence-corrected chi connectivity index (χ4v) is 3.82. The van der Waals surface area contributed by atoms with Crippen LogP contribution in [0.4, 0.5) is 0 Å². The molecular formula is C23H24O12. The van der Waals surface area contributed by atoms with Crippen molar-refractivity contribution in [1.29, 1.82) is 0 Å². The largest absolute Gasteiger partial charge is 0.508 e. The van der Waals surface area contributed by atoms with Crippen LogP contribution in [0, 0.1) is 0 Å². The predicted molar refractivity (Wildman–Crippen MR) is 119 cm³/mol. The summed E-state index contributed by atoms with van der Waals surface area (Å²) in [6.45, 7) is -0.709. The molecule has 0 aliphatic carbocycles. The first-order valence-electron chi connectivity index (χ1n) is 10.4. The van der Waals surface area contributed by atoms with E-state index in [0.717, 1.165) is 0 Å². The molecule has 0 saturated carbocycles. The molecule has 2 heterocycles. The summed E-state index contributed by atoms with van der Waals surface area (Å²) in [6, 6.07) is 6.86. The number of benzene rings is 2. The van der Waals surface area contributed by atoms with Gasteiger partial charge in [0.2, 0.25) is 23.2 Å². The van der Waals surface area contributed by atoms with E-state index in [1.165, 1.54) is 44.6 Å². The van der Waals surface area contributed by atoms with Crippen LogP contribution < -0.4 is 19.6 Å². The molecule has 188 valence electrons. The molecule has 0 radical (unpaired) electrons. The van der Waals surface area contributed by atoms with Crippen LogP contribution in [0.3, 0.4) is 0 Å². The van der Waals surface area contributed by atoms with E-state index in [9.17, 15) is 35.4 Å². The monoisotopic (exact) mass is 492 g/mol. The Balaban J connectivity index is 1.94. The second-order valence-corrected chi connectivity index (χ2v) is 7.79. The van der Waals surface area contributed by atoms with Gasteiger partial charge in [0, 0.05) is 11.6 Å². The summed E-state index contributed by atoms with van der Waals surface area (Å²) in [6.07, 6.45) is -8.20. The zero-order valence-electron chi connectivity index (χ0n) is 18.6. The van der Waals surface area contributed by atoms with E-state index in [-0.39, 0.29) is 39.5 Å². The summed E-state index contributed by atoms with van der Waals surface area (Å²) in [5, 5.41) is 60.0. The highest BCUT2D eigenvalue weighted by atomic mass is 16.7. The lowest BCUT2D eigenvalue weighted by Gasteiger charge is -2.39. The van der Waals surface area contributed by atoms with Crippen LogP contribution in [0.5, 0.6) is 28.7 Å². The Morgan fingerprint density at radius 2 is 1.63 bits per heavy atom. The van der Waals surface area contributed by atoms with Gasteiger partial charge < -0.3 is 54.0 Å². The van der Waals surface area contributed by atoms with E-state index in [2.05, 4.69) is 0 Å². The van der Waals surface area contributed by atoms with Gasteiger partial charge in [0.25, 0.3) is 0 Å². The molecular weight excluding hydrogens is 468 g/mol. The third kappa shape index (κ3) is 4.22. The number of fused-ring (bicyclic) bond motifs is 1. The first-order chi connectivity index (χ1) is 16.7. The number of ether oxygens (including phenoxy) is 4. The van der Waals surface area contributed by atoms with Gasteiger partial charge >= 0.3 is 0 Å². The molecule has 1 aliphatic rings. The van der Waals surface area contributed by atoms with Crippen molar-refractivity contribution in [3.05, 3.63) is 40.6 Å². The highest BCUT2D eigenvalue weighted by Gasteiger charge is 2.45. The topological polar surface area (TPSA) is 189 Å². The summed E-state index contributed by atoms with van der Waals surface area (Å²) in [7, 11) is 2.60. The maximum Gasteiger partial charge on any atom is 0.239 e. The minimum atomic E-state index is -1.81. The Morgan fingerprint density at radius 1 is 0.943 bits per heavy atom. The Morgan fingerprint density at radius 3 is 2.23 bits per heavy atom. The molecule has 2 unspecified atom stereocenters. The maximum atomic E-state index is 13.6. The smallest absolute Gasteiger partial charge is 0.239 e. The molecule has 12 nitrogen and oxygen atoms in total. The van der Waals surface area contributed by atoms with Gasteiger partial charge in [-0.3, -0.25) is 4.79 Å². The van der Waals surface area contributed by atoms with Gasteiger partial charge in [-0.25, -0.2) is 0 Å². The molecule has 1 saturated heterocycles. The van der Waals surface area contributed by atoms with Crippen LogP contribution in [0.1, 0.15) is 0 Å². The molecule has 6 N–H and O–H groups in total. The molecule has 35 heavy (non-hydrogen) atoms. The van der Waals surface area contributed by atoms with Crippen molar-refractivity contribution in [2.24, 2.45) is 0 Å². The van der Waals surface area contributed by atoms with Crippen LogP contribution in [-0.2, 0) is 4.74 Å². The molecule has 12 heteroatoms. The van der Waals surface area contributed by atoms with Crippen LogP contribution in [0.15, 0.2) is 39.5 Å². The Bertz CT molecular complexity index is 1270. The second kappa shape index (κ2) is 9.60. The quantitative estimate of drug-likeness (QED) is 0.272. The number of phenolic OH excluding ortho intramolecular Hbond substituents is 2. The van der Waals surface area contributed by atoms with Gasteiger partial charge in [-0.05, 0) is 24.3 Å². The zero-order valence-corrected chi connectivity index (χ0v) is 18.6. The number of hydrogen-bond acceptors (Lipinski definition) is 12. The average molecular weight is 492 g/mol. The van der Waals surface area contributed by atoms with Crippen LogP contribution in [-0.4, -0.2) is 82.2 Å². The molecule has 4 rings (SSSR count). The molecule has 3 aromatic rings. The Hall–Kier alpha value is -3.55. The van der Waals surface area contributed by atoms with Gasteiger partial charge in [-0.1, -0.05) is 0 Å². The summed E-state index contributed by atoms with van der Waals surface area (Å²) in [4.78, 5) is 13.6. The number of phenols is 2. The lowest BCUT2D eigenvalue weighted by Crippen LogP contribution is -2.60. The van der Waals surface area contributed by atoms with E-state index in [0.29, 0.717) is 0 Å². The molecule has 1 aliphatic heterocycles. The molecule has 2 aromatic carbocycles. The van der Waals surface area contributed by atoms with Crippen LogP contribution >= 0.6 is 0 Å². The number of hydrogen-bond donors (Lipinski definition) is 6. The van der Waals surface area contributed by atoms with Gasteiger partial charge in [-0.2, -0.15) is 0 Å². The number of methoxy groups -OCH3 is 2. The molecule has 0 amide bonds. The summed E-state index contributed by atoms with van der Waals surface area (Å²) < 4.78 is 27.3. The van der Waals surface area contributed by atoms with E-state index in [1.54, 1.807) is 0 Å². The van der Waals surface area contributed by atoms with Gasteiger partial charge in [0.05, 0.1) is 20.8 Å². The molecule has 5 atom stereocenters. The summed E-state index contributed by atoms with van der Waals surface area (Å²) >= 11 is 0. The molecule has 0 spiro atoms. The fourth-order valence-electron chi connectivity index (χ4n) is 3.82. The van der Waals surface area contributed by atoms with E-state index in [1.807, 2.05) is 0 Å². The number of aliphatic hydroxyl groups is 4. The number of rotatable bonds is 6. The predicted octanol–water partition coefficient (Wildman–Crippen LogP) is 0.0671. The Labute approximate surface area is 197 Å². The fraction of sp³-hybridized carbons (Fsp3) is 0.348. The SMILES string of the molecule is COc1cc2oc(-c3ccc(O)cc3)c(O[C@H]3O[C@H](CO)[C@@H](O)C(O)C3O)c(=O)c2c(O)c1OC. The van der Waals surface area contributed by atoms with E-state index < -0.39 is 54.2 Å². The first kappa shape index (κ1) is 24.6. The van der Waals surface area contributed by atoms with Crippen molar-refractivity contribution in [3.8, 4) is 40.1 Å². The van der Waals surface area contributed by atoms with Crippen molar-refractivity contribution >= 4 is 11.0 Å². The minimum Gasteiger partial charge on any atom is -0.508 e. The highest BCUT2D eigenvalue weighted by Crippen LogP contribution is 2.44. The second-order valence-electron chi connectivity index (χ2n) is 7.79. The Kier molecular flexibility index (Phi) is 6.74. The van der Waals surface area contributed by atoms with Crippen LogP contribution in [0.25, 0.3) is 22.3 Å². The van der Waals surface area contributed by atoms with Crippen molar-refractivity contribution in [1.82, 2.24) is 0 Å². The van der Waals surface area contributed by atoms with E-state index >= 15 is 0 Å². The minimum absolute atomic E-state index is 0.0580. The summed E-state index contributed by atoms with van der Waals surface area (Å²) in [5.41, 5.74) is -0.699. The standard InChI is InChI=1S/C23H24O12/c1-31-12-7-11-14(16(27)21(12)32-2)17(28)22(20(33-11)9-3-5-10(25)6-4-9)35-23-19(30)18(29)15(26)13(8-24)34-23/h3-7,13,15,18-19,23-27,29-30H,8H2,1-2H3/t13-,15-,18?,19?,23-/m1/s1. The maximum absolute atomic E-state index is 13.6. The van der Waals surface area contributed by atoms with Gasteiger partial charge in [-0.15, -0.1) is 0 Å². The lowest BCUT2D eigenvalue weighted by atomic mass is 9.99. The number of aromatic hydroxyl groups is 2. The van der Waals surface area contributed by atoms with Crippen LogP contribution in [0.2, 0.25) is 0 Å². The van der Waals surface area contributed by atoms with Gasteiger partial charge in [0.1, 0.15) is 41.1 Å². The van der Waals surface area contributed by atoms with Crippen molar-refractivity contribution in [2.45, 2.75) is 30.7 Å². The average Bonchev–Trinajstić information content (AvgIpc) is 2.85. The zero-order chi connectivity index (χ0) is 25.4. The third-order valence-corrected chi connectivity index (χ3v) is 5.67. The molecule has 0 bridgehead atoms. The first-order valence-corrected chi connectivity index (χ1v) is 10.4. The van der Waals surface area contributed by atoms with Gasteiger partial charge in [0.15, 0.2) is 17.3 Å². The number of aliphatic hydroxyl groups excluding tert-OH is 4. The normalized spacial score (nSPS) is 24.3. The van der Waals surface area contributed by atoms with Crippen molar-refractivity contribution in [3.63, 3.8) is 0 Å². The molecule has 1 aromatic heterocycles. The summed E-state index contributed by atoms with van der Waals surface area (Å²) in [5.74, 6) is -1.38. The lowest BCUT2D eigenvalue weighted by molar-refractivity contribution is -0.277. The van der Waals surface area contributed by atoms with E-state index in [4.69, 9.17) is 23.4 Å². The highest BCUT2D eigenvalue weighted by molar-refractivity contribution is 5.91. The third-order valence-electron chi connectivity index (χ3n) is 5.67.